The van der Waals surface area contributed by atoms with E-state index < -0.39 is 4.92 Å². The van der Waals surface area contributed by atoms with Crippen LogP contribution in [0.25, 0.3) is 0 Å². The van der Waals surface area contributed by atoms with Crippen LogP contribution < -0.4 is 10.6 Å². The van der Waals surface area contributed by atoms with E-state index >= 15 is 0 Å². The summed E-state index contributed by atoms with van der Waals surface area (Å²) in [5.41, 5.74) is 1.82. The monoisotopic (exact) mass is 389 g/mol. The molecule has 0 bridgehead atoms. The van der Waals surface area contributed by atoms with Crippen LogP contribution in [0.5, 0.6) is 0 Å². The number of nitrogens with zero attached hydrogens (tertiary/aromatic N) is 3. The zero-order chi connectivity index (χ0) is 18.7. The highest BCUT2D eigenvalue weighted by molar-refractivity contribution is 6.31. The number of anilines is 4. The maximum atomic E-state index is 11.6. The molecule has 0 aliphatic heterocycles. The van der Waals surface area contributed by atoms with Crippen molar-refractivity contribution in [3.8, 4) is 0 Å². The number of aromatic nitrogens is 2. The Hall–Kier alpha value is -2.90. The van der Waals surface area contributed by atoms with Gasteiger partial charge in [-0.1, -0.05) is 29.3 Å². The number of hydrogen-bond donors (Lipinski definition) is 2. The molecule has 26 heavy (non-hydrogen) atoms. The minimum absolute atomic E-state index is 0.0568. The van der Waals surface area contributed by atoms with Crippen LogP contribution in [0.1, 0.15) is 5.56 Å². The molecule has 132 valence electrons. The van der Waals surface area contributed by atoms with Crippen LogP contribution in [0, 0.1) is 17.0 Å². The van der Waals surface area contributed by atoms with Crippen molar-refractivity contribution in [1.82, 2.24) is 9.97 Å². The van der Waals surface area contributed by atoms with Crippen molar-refractivity contribution in [2.75, 3.05) is 10.6 Å². The molecule has 1 aromatic heterocycles. The Kier molecular flexibility index (Phi) is 5.20. The summed E-state index contributed by atoms with van der Waals surface area (Å²) in [5, 5.41) is 18.5. The lowest BCUT2D eigenvalue weighted by Gasteiger charge is -2.11. The third-order valence-corrected chi connectivity index (χ3v) is 4.21. The maximum Gasteiger partial charge on any atom is 0.353 e. The second-order valence-electron chi connectivity index (χ2n) is 5.40. The lowest BCUT2D eigenvalue weighted by atomic mass is 10.2. The second-order valence-corrected chi connectivity index (χ2v) is 6.24. The normalized spacial score (nSPS) is 10.4. The fraction of sp³-hybridized carbons (Fsp3) is 0.0588. The molecular weight excluding hydrogens is 377 g/mol. The number of aryl methyl sites for hydroxylation is 1. The Morgan fingerprint density at radius 1 is 0.962 bits per heavy atom. The van der Waals surface area contributed by atoms with Crippen LogP contribution in [0.4, 0.5) is 28.7 Å². The van der Waals surface area contributed by atoms with E-state index in [0.717, 1.165) is 5.56 Å². The van der Waals surface area contributed by atoms with Gasteiger partial charge in [0.2, 0.25) is 11.6 Å². The van der Waals surface area contributed by atoms with E-state index in [1.54, 1.807) is 36.4 Å². The van der Waals surface area contributed by atoms with Crippen molar-refractivity contribution in [3.63, 3.8) is 0 Å². The van der Waals surface area contributed by atoms with Crippen LogP contribution in [0.15, 0.2) is 48.8 Å². The summed E-state index contributed by atoms with van der Waals surface area (Å²) in [6.07, 6.45) is 1.24. The van der Waals surface area contributed by atoms with Gasteiger partial charge in [0.25, 0.3) is 0 Å². The van der Waals surface area contributed by atoms with Gasteiger partial charge in [-0.05, 0) is 48.9 Å². The molecule has 0 saturated carbocycles. The predicted octanol–water partition coefficient (Wildman–Crippen LogP) is 5.49. The fourth-order valence-electron chi connectivity index (χ4n) is 2.21. The Morgan fingerprint density at radius 2 is 1.54 bits per heavy atom. The lowest BCUT2D eigenvalue weighted by molar-refractivity contribution is -0.383. The van der Waals surface area contributed by atoms with E-state index in [-0.39, 0.29) is 17.3 Å². The Labute approximate surface area is 159 Å². The topological polar surface area (TPSA) is 93.0 Å². The summed E-state index contributed by atoms with van der Waals surface area (Å²) < 4.78 is 0. The minimum Gasteiger partial charge on any atom is -0.334 e. The van der Waals surface area contributed by atoms with Crippen LogP contribution in [-0.2, 0) is 0 Å². The third-order valence-electron chi connectivity index (χ3n) is 3.55. The van der Waals surface area contributed by atoms with Gasteiger partial charge >= 0.3 is 5.69 Å². The van der Waals surface area contributed by atoms with Gasteiger partial charge in [0.1, 0.15) is 6.33 Å². The smallest absolute Gasteiger partial charge is 0.334 e. The molecule has 9 heteroatoms. The van der Waals surface area contributed by atoms with Gasteiger partial charge in [-0.3, -0.25) is 10.1 Å². The second kappa shape index (κ2) is 7.55. The summed E-state index contributed by atoms with van der Waals surface area (Å²) in [7, 11) is 0. The highest BCUT2D eigenvalue weighted by atomic mass is 35.5. The van der Waals surface area contributed by atoms with Crippen molar-refractivity contribution in [1.29, 1.82) is 0 Å². The van der Waals surface area contributed by atoms with Crippen LogP contribution >= 0.6 is 23.2 Å². The van der Waals surface area contributed by atoms with E-state index in [2.05, 4.69) is 20.6 Å². The van der Waals surface area contributed by atoms with Crippen molar-refractivity contribution < 1.29 is 4.92 Å². The molecule has 0 amide bonds. The molecule has 0 unspecified atom stereocenters. The fourth-order valence-corrected chi connectivity index (χ4v) is 2.52. The Bertz CT molecular complexity index is 964. The number of rotatable bonds is 5. The molecule has 3 rings (SSSR count). The van der Waals surface area contributed by atoms with Gasteiger partial charge in [-0.15, -0.1) is 0 Å². The minimum atomic E-state index is -0.545. The number of benzene rings is 2. The van der Waals surface area contributed by atoms with Crippen LogP contribution in [0.2, 0.25) is 10.0 Å². The third kappa shape index (κ3) is 4.01. The van der Waals surface area contributed by atoms with Gasteiger partial charge in [0, 0.05) is 21.4 Å². The summed E-state index contributed by atoms with van der Waals surface area (Å²) in [4.78, 5) is 19.0. The van der Waals surface area contributed by atoms with Gasteiger partial charge < -0.3 is 10.6 Å². The van der Waals surface area contributed by atoms with Crippen LogP contribution in [-0.4, -0.2) is 14.9 Å². The molecule has 7 nitrogen and oxygen atoms in total. The molecule has 0 radical (unpaired) electrons. The molecule has 0 aliphatic rings. The Balaban J connectivity index is 1.96. The van der Waals surface area contributed by atoms with E-state index in [1.807, 2.05) is 13.0 Å². The SMILES string of the molecule is Cc1ccc(Nc2ncnc(Nc3ccc(Cl)cc3)c2[N+](=O)[O-])cc1Cl. The zero-order valence-corrected chi connectivity index (χ0v) is 15.0. The van der Waals surface area contributed by atoms with Gasteiger partial charge in [-0.2, -0.15) is 0 Å². The molecule has 0 spiro atoms. The number of hydrogen-bond acceptors (Lipinski definition) is 6. The van der Waals surface area contributed by atoms with E-state index in [0.29, 0.717) is 21.4 Å². The van der Waals surface area contributed by atoms with Crippen molar-refractivity contribution in [2.24, 2.45) is 0 Å². The van der Waals surface area contributed by atoms with Gasteiger partial charge in [-0.25, -0.2) is 9.97 Å². The highest BCUT2D eigenvalue weighted by Gasteiger charge is 2.23. The van der Waals surface area contributed by atoms with Gasteiger partial charge in [0.05, 0.1) is 4.92 Å². The molecular formula is C17H13Cl2N5O2. The number of halogens is 2. The predicted molar refractivity (Wildman–Crippen MR) is 103 cm³/mol. The van der Waals surface area contributed by atoms with E-state index in [4.69, 9.17) is 23.2 Å². The first-order valence-corrected chi connectivity index (χ1v) is 8.25. The standard InChI is InChI=1S/C17H13Cl2N5O2/c1-10-2-5-13(8-14(10)19)23-17-15(24(25)26)16(20-9-21-17)22-12-6-3-11(18)4-7-12/h2-9H,1H3,(H2,20,21,22,23). The first-order chi connectivity index (χ1) is 12.4. The van der Waals surface area contributed by atoms with Crippen molar-refractivity contribution in [2.45, 2.75) is 6.92 Å². The van der Waals surface area contributed by atoms with Crippen molar-refractivity contribution >= 4 is 51.9 Å². The molecule has 0 atom stereocenters. The molecule has 0 aliphatic carbocycles. The van der Waals surface area contributed by atoms with E-state index in [1.165, 1.54) is 6.33 Å². The van der Waals surface area contributed by atoms with Crippen LogP contribution in [0.3, 0.4) is 0 Å². The summed E-state index contributed by atoms with van der Waals surface area (Å²) >= 11 is 12.0. The summed E-state index contributed by atoms with van der Waals surface area (Å²) in [6, 6.07) is 12.0. The highest BCUT2D eigenvalue weighted by Crippen LogP contribution is 2.33. The summed E-state index contributed by atoms with van der Waals surface area (Å²) in [5.74, 6) is 0.120. The average Bonchev–Trinajstić information content (AvgIpc) is 2.60. The quantitative estimate of drug-likeness (QED) is 0.442. The van der Waals surface area contributed by atoms with Crippen molar-refractivity contribution in [3.05, 3.63) is 74.5 Å². The van der Waals surface area contributed by atoms with E-state index in [9.17, 15) is 10.1 Å². The molecule has 0 saturated heterocycles. The number of nitro groups is 1. The average molecular weight is 390 g/mol. The molecule has 2 aromatic carbocycles. The molecule has 3 aromatic rings. The lowest BCUT2D eigenvalue weighted by Crippen LogP contribution is -2.05. The maximum absolute atomic E-state index is 11.6. The Morgan fingerprint density at radius 3 is 2.12 bits per heavy atom. The molecule has 0 fully saturated rings. The largest absolute Gasteiger partial charge is 0.353 e. The number of nitrogens with one attached hydrogen (secondary N) is 2. The summed E-state index contributed by atoms with van der Waals surface area (Å²) in [6.45, 7) is 1.87. The van der Waals surface area contributed by atoms with Gasteiger partial charge in [0.15, 0.2) is 0 Å². The first-order valence-electron chi connectivity index (χ1n) is 7.49. The first kappa shape index (κ1) is 17.9. The molecule has 2 N–H and O–H groups in total. The molecule has 1 heterocycles. The zero-order valence-electron chi connectivity index (χ0n) is 13.5.